The van der Waals surface area contributed by atoms with Crippen LogP contribution in [0.3, 0.4) is 0 Å². The summed E-state index contributed by atoms with van der Waals surface area (Å²) in [5.74, 6) is 0.254. The first-order chi connectivity index (χ1) is 9.56. The van der Waals surface area contributed by atoms with Crippen molar-refractivity contribution < 1.29 is 9.53 Å². The first kappa shape index (κ1) is 14.2. The first-order valence-electron chi connectivity index (χ1n) is 6.09. The van der Waals surface area contributed by atoms with Crippen LogP contribution in [0.15, 0.2) is 42.5 Å². The SMILES string of the molecule is Cc1cccc(OCC(=O)Nc2ccc(Cl)cc2)c1N. The minimum Gasteiger partial charge on any atom is -0.482 e. The molecule has 2 aromatic rings. The van der Waals surface area contributed by atoms with Crippen molar-refractivity contribution >= 4 is 28.9 Å². The second kappa shape index (κ2) is 6.30. The normalized spacial score (nSPS) is 10.1. The quantitative estimate of drug-likeness (QED) is 0.850. The lowest BCUT2D eigenvalue weighted by atomic mass is 10.2. The van der Waals surface area contributed by atoms with E-state index >= 15 is 0 Å². The Morgan fingerprint density at radius 2 is 1.95 bits per heavy atom. The minimum atomic E-state index is -0.256. The van der Waals surface area contributed by atoms with E-state index in [0.717, 1.165) is 5.56 Å². The number of amides is 1. The van der Waals surface area contributed by atoms with E-state index in [1.807, 2.05) is 19.1 Å². The van der Waals surface area contributed by atoms with Gasteiger partial charge in [-0.05, 0) is 42.8 Å². The maximum atomic E-state index is 11.8. The lowest BCUT2D eigenvalue weighted by molar-refractivity contribution is -0.118. The minimum absolute atomic E-state index is 0.101. The maximum absolute atomic E-state index is 11.8. The van der Waals surface area contributed by atoms with E-state index < -0.39 is 0 Å². The van der Waals surface area contributed by atoms with Crippen molar-refractivity contribution in [2.24, 2.45) is 0 Å². The molecular formula is C15H15ClN2O2. The zero-order valence-corrected chi connectivity index (χ0v) is 11.8. The highest BCUT2D eigenvalue weighted by atomic mass is 35.5. The molecule has 1 amide bonds. The van der Waals surface area contributed by atoms with Gasteiger partial charge in [0.15, 0.2) is 6.61 Å². The first-order valence-corrected chi connectivity index (χ1v) is 6.47. The van der Waals surface area contributed by atoms with Gasteiger partial charge in [0.25, 0.3) is 5.91 Å². The number of hydrogen-bond acceptors (Lipinski definition) is 3. The fourth-order valence-electron chi connectivity index (χ4n) is 1.65. The van der Waals surface area contributed by atoms with Crippen molar-refractivity contribution in [1.29, 1.82) is 0 Å². The molecule has 0 bridgehead atoms. The standard InChI is InChI=1S/C15H15ClN2O2/c1-10-3-2-4-13(15(10)17)20-9-14(19)18-12-7-5-11(16)6-8-12/h2-8H,9,17H2,1H3,(H,18,19). The van der Waals surface area contributed by atoms with E-state index in [9.17, 15) is 4.79 Å². The van der Waals surface area contributed by atoms with Gasteiger partial charge in [-0.2, -0.15) is 0 Å². The van der Waals surface area contributed by atoms with Gasteiger partial charge in [-0.1, -0.05) is 23.7 Å². The average Bonchev–Trinajstić information content (AvgIpc) is 2.43. The van der Waals surface area contributed by atoms with Crippen LogP contribution in [0.5, 0.6) is 5.75 Å². The topological polar surface area (TPSA) is 64.3 Å². The third-order valence-electron chi connectivity index (χ3n) is 2.77. The molecule has 3 N–H and O–H groups in total. The Morgan fingerprint density at radius 3 is 2.65 bits per heavy atom. The van der Waals surface area contributed by atoms with Crippen molar-refractivity contribution in [3.05, 3.63) is 53.1 Å². The summed E-state index contributed by atoms with van der Waals surface area (Å²) in [5.41, 5.74) is 8.00. The summed E-state index contributed by atoms with van der Waals surface area (Å²) in [6, 6.07) is 12.3. The van der Waals surface area contributed by atoms with Crippen LogP contribution in [0.4, 0.5) is 11.4 Å². The number of para-hydroxylation sites is 1. The average molecular weight is 291 g/mol. The number of nitrogens with two attached hydrogens (primary N) is 1. The number of anilines is 2. The highest BCUT2D eigenvalue weighted by Crippen LogP contribution is 2.24. The lowest BCUT2D eigenvalue weighted by Crippen LogP contribution is -2.20. The summed E-state index contributed by atoms with van der Waals surface area (Å²) in [5, 5.41) is 3.33. The van der Waals surface area contributed by atoms with E-state index in [2.05, 4.69) is 5.32 Å². The molecule has 0 aliphatic carbocycles. The largest absolute Gasteiger partial charge is 0.482 e. The Labute approximate surface area is 122 Å². The van der Waals surface area contributed by atoms with Crippen LogP contribution in [0.25, 0.3) is 0 Å². The van der Waals surface area contributed by atoms with E-state index in [-0.39, 0.29) is 12.5 Å². The molecule has 0 fully saturated rings. The summed E-state index contributed by atoms with van der Waals surface area (Å²) in [7, 11) is 0. The van der Waals surface area contributed by atoms with Gasteiger partial charge in [0.05, 0.1) is 5.69 Å². The van der Waals surface area contributed by atoms with Crippen molar-refractivity contribution in [1.82, 2.24) is 0 Å². The molecule has 104 valence electrons. The molecule has 0 atom stereocenters. The molecule has 0 saturated carbocycles. The number of carbonyl (C=O) groups excluding carboxylic acids is 1. The Bertz CT molecular complexity index is 612. The second-order valence-corrected chi connectivity index (χ2v) is 4.77. The summed E-state index contributed by atoms with van der Waals surface area (Å²) in [4.78, 5) is 11.8. The molecule has 0 saturated heterocycles. The number of nitrogen functional groups attached to an aromatic ring is 1. The third kappa shape index (κ3) is 3.65. The molecule has 5 heteroatoms. The van der Waals surface area contributed by atoms with Crippen molar-refractivity contribution in [2.45, 2.75) is 6.92 Å². The zero-order chi connectivity index (χ0) is 14.5. The Kier molecular flexibility index (Phi) is 4.48. The molecule has 0 heterocycles. The Hall–Kier alpha value is -2.20. The fraction of sp³-hybridized carbons (Fsp3) is 0.133. The Balaban J connectivity index is 1.92. The zero-order valence-electron chi connectivity index (χ0n) is 11.0. The van der Waals surface area contributed by atoms with Crippen LogP contribution < -0.4 is 15.8 Å². The molecule has 2 rings (SSSR count). The molecule has 20 heavy (non-hydrogen) atoms. The van der Waals surface area contributed by atoms with E-state index in [0.29, 0.717) is 22.1 Å². The Morgan fingerprint density at radius 1 is 1.25 bits per heavy atom. The van der Waals surface area contributed by atoms with Crippen molar-refractivity contribution in [2.75, 3.05) is 17.7 Å². The highest BCUT2D eigenvalue weighted by Gasteiger charge is 2.07. The predicted molar refractivity (Wildman–Crippen MR) is 81.2 cm³/mol. The van der Waals surface area contributed by atoms with Crippen LogP contribution in [0.2, 0.25) is 5.02 Å². The van der Waals surface area contributed by atoms with Crippen molar-refractivity contribution in [3.8, 4) is 5.75 Å². The molecular weight excluding hydrogens is 276 g/mol. The van der Waals surface area contributed by atoms with Gasteiger partial charge in [-0.15, -0.1) is 0 Å². The van der Waals surface area contributed by atoms with Crippen LogP contribution in [-0.2, 0) is 4.79 Å². The van der Waals surface area contributed by atoms with Crippen molar-refractivity contribution in [3.63, 3.8) is 0 Å². The maximum Gasteiger partial charge on any atom is 0.262 e. The number of hydrogen-bond donors (Lipinski definition) is 2. The monoisotopic (exact) mass is 290 g/mol. The van der Waals surface area contributed by atoms with Crippen LogP contribution >= 0.6 is 11.6 Å². The van der Waals surface area contributed by atoms with Crippen LogP contribution in [-0.4, -0.2) is 12.5 Å². The molecule has 0 spiro atoms. The van der Waals surface area contributed by atoms with Gasteiger partial charge in [-0.25, -0.2) is 0 Å². The molecule has 0 radical (unpaired) electrons. The molecule has 0 unspecified atom stereocenters. The van der Waals surface area contributed by atoms with E-state index in [4.69, 9.17) is 22.1 Å². The summed E-state index contributed by atoms with van der Waals surface area (Å²) >= 11 is 5.77. The molecule has 2 aromatic carbocycles. The third-order valence-corrected chi connectivity index (χ3v) is 3.02. The van der Waals surface area contributed by atoms with E-state index in [1.54, 1.807) is 30.3 Å². The highest BCUT2D eigenvalue weighted by molar-refractivity contribution is 6.30. The summed E-state index contributed by atoms with van der Waals surface area (Å²) < 4.78 is 5.41. The van der Waals surface area contributed by atoms with Gasteiger partial charge in [0.1, 0.15) is 5.75 Å². The number of rotatable bonds is 4. The van der Waals surface area contributed by atoms with Crippen LogP contribution in [0, 0.1) is 6.92 Å². The molecule has 0 aliphatic heterocycles. The molecule has 4 nitrogen and oxygen atoms in total. The smallest absolute Gasteiger partial charge is 0.262 e. The van der Waals surface area contributed by atoms with Gasteiger partial charge in [-0.3, -0.25) is 4.79 Å². The predicted octanol–water partition coefficient (Wildman–Crippen LogP) is 3.25. The van der Waals surface area contributed by atoms with Gasteiger partial charge < -0.3 is 15.8 Å². The number of aryl methyl sites for hydroxylation is 1. The molecule has 0 aliphatic rings. The number of ether oxygens (including phenoxy) is 1. The van der Waals surface area contributed by atoms with E-state index in [1.165, 1.54) is 0 Å². The number of nitrogens with one attached hydrogen (secondary N) is 1. The van der Waals surface area contributed by atoms with Gasteiger partial charge in [0, 0.05) is 10.7 Å². The number of benzene rings is 2. The van der Waals surface area contributed by atoms with Crippen LogP contribution in [0.1, 0.15) is 5.56 Å². The number of carbonyl (C=O) groups is 1. The number of halogens is 1. The summed E-state index contributed by atoms with van der Waals surface area (Å²) in [6.07, 6.45) is 0. The molecule has 0 aromatic heterocycles. The fourth-order valence-corrected chi connectivity index (χ4v) is 1.78. The summed E-state index contributed by atoms with van der Waals surface area (Å²) in [6.45, 7) is 1.78. The van der Waals surface area contributed by atoms with Gasteiger partial charge >= 0.3 is 0 Å². The van der Waals surface area contributed by atoms with Gasteiger partial charge in [0.2, 0.25) is 0 Å². The second-order valence-electron chi connectivity index (χ2n) is 4.33. The lowest BCUT2D eigenvalue weighted by Gasteiger charge is -2.10.